The molecule has 5 nitrogen and oxygen atoms in total. The monoisotopic (exact) mass is 361 g/mol. The Labute approximate surface area is 134 Å². The molecule has 2 atom stereocenters. The van der Waals surface area contributed by atoms with Gasteiger partial charge in [-0.2, -0.15) is 0 Å². The topological polar surface area (TPSA) is 64.6 Å². The summed E-state index contributed by atoms with van der Waals surface area (Å²) in [5, 5.41) is 2.57. The summed E-state index contributed by atoms with van der Waals surface area (Å²) in [6, 6.07) is -0.749. The lowest BCUT2D eigenvalue weighted by Gasteiger charge is -2.23. The number of carbonyl (C=O) groups is 2. The van der Waals surface area contributed by atoms with E-state index < -0.39 is 22.6 Å². The molecule has 1 aliphatic carbocycles. The van der Waals surface area contributed by atoms with Crippen molar-refractivity contribution in [1.82, 2.24) is 5.32 Å². The minimum absolute atomic E-state index is 0.143. The Morgan fingerprint density at radius 1 is 1.43 bits per heavy atom. The van der Waals surface area contributed by atoms with E-state index in [1.54, 1.807) is 20.8 Å². The highest BCUT2D eigenvalue weighted by Crippen LogP contribution is 2.28. The van der Waals surface area contributed by atoms with Gasteiger partial charge in [-0.15, -0.1) is 6.58 Å². The molecule has 1 amide bonds. The first-order chi connectivity index (χ1) is 9.73. The smallest absolute Gasteiger partial charge is 0.408 e. The number of ketones is 1. The minimum Gasteiger partial charge on any atom is -0.444 e. The molecule has 0 aromatic heterocycles. The number of halogens is 1. The summed E-state index contributed by atoms with van der Waals surface area (Å²) in [4.78, 5) is 23.5. The van der Waals surface area contributed by atoms with Gasteiger partial charge < -0.3 is 14.8 Å². The lowest BCUT2D eigenvalue weighted by molar-refractivity contribution is -0.121. The largest absolute Gasteiger partial charge is 0.444 e. The Bertz CT molecular complexity index is 388. The third-order valence-corrected chi connectivity index (χ3v) is 3.67. The second kappa shape index (κ2) is 7.94. The molecule has 1 N–H and O–H groups in total. The molecule has 1 fully saturated rings. The standard InChI is InChI=1S/C15H24BrNO4/c1-5-11(16)13(18)12(9-20-8-10-6-7-10)17-14(19)21-15(2,3)4/h5,10-12H,1,6-9H2,2-4H3,(H,17,19)/t11?,12-/m0/s1. The van der Waals surface area contributed by atoms with Gasteiger partial charge >= 0.3 is 6.09 Å². The second-order valence-electron chi connectivity index (χ2n) is 6.22. The van der Waals surface area contributed by atoms with Crippen molar-refractivity contribution in [2.24, 2.45) is 5.92 Å². The average Bonchev–Trinajstić information content (AvgIpc) is 3.17. The highest BCUT2D eigenvalue weighted by molar-refractivity contribution is 9.10. The molecule has 1 aliphatic rings. The number of rotatable bonds is 8. The lowest BCUT2D eigenvalue weighted by Crippen LogP contribution is -2.48. The van der Waals surface area contributed by atoms with Gasteiger partial charge in [-0.1, -0.05) is 22.0 Å². The molecule has 1 unspecified atom stereocenters. The fourth-order valence-electron chi connectivity index (χ4n) is 1.59. The highest BCUT2D eigenvalue weighted by atomic mass is 79.9. The van der Waals surface area contributed by atoms with Crippen LogP contribution >= 0.6 is 15.9 Å². The predicted molar refractivity (Wildman–Crippen MR) is 84.6 cm³/mol. The van der Waals surface area contributed by atoms with E-state index >= 15 is 0 Å². The Morgan fingerprint density at radius 3 is 2.52 bits per heavy atom. The van der Waals surface area contributed by atoms with E-state index in [1.807, 2.05) is 0 Å². The van der Waals surface area contributed by atoms with Crippen LogP contribution < -0.4 is 5.32 Å². The van der Waals surface area contributed by atoms with E-state index in [-0.39, 0.29) is 12.4 Å². The zero-order valence-electron chi connectivity index (χ0n) is 12.9. The molecule has 0 aromatic carbocycles. The summed E-state index contributed by atoms with van der Waals surface area (Å²) < 4.78 is 10.7. The number of amides is 1. The molecule has 1 saturated carbocycles. The molecule has 1 rings (SSSR count). The number of alkyl halides is 1. The number of nitrogens with one attached hydrogen (secondary N) is 1. The van der Waals surface area contributed by atoms with Crippen LogP contribution in [0.1, 0.15) is 33.6 Å². The van der Waals surface area contributed by atoms with Gasteiger partial charge in [0.2, 0.25) is 0 Å². The van der Waals surface area contributed by atoms with Crippen molar-refractivity contribution in [3.8, 4) is 0 Å². The predicted octanol–water partition coefficient (Wildman–Crippen LogP) is 2.82. The van der Waals surface area contributed by atoms with Crippen LogP contribution in [0.5, 0.6) is 0 Å². The normalized spacial score (nSPS) is 17.7. The Morgan fingerprint density at radius 2 is 2.05 bits per heavy atom. The molecule has 0 heterocycles. The van der Waals surface area contributed by atoms with Crippen molar-refractivity contribution in [1.29, 1.82) is 0 Å². The van der Waals surface area contributed by atoms with Crippen molar-refractivity contribution in [2.45, 2.75) is 50.1 Å². The fourth-order valence-corrected chi connectivity index (χ4v) is 1.91. The first-order valence-corrected chi connectivity index (χ1v) is 8.02. The Balaban J connectivity index is 2.54. The zero-order valence-corrected chi connectivity index (χ0v) is 14.4. The summed E-state index contributed by atoms with van der Waals surface area (Å²) in [6.45, 7) is 9.64. The van der Waals surface area contributed by atoms with E-state index in [0.29, 0.717) is 12.5 Å². The van der Waals surface area contributed by atoms with Gasteiger partial charge in [0.1, 0.15) is 11.6 Å². The number of ether oxygens (including phenoxy) is 2. The molecular formula is C15H24BrNO4. The number of carbonyl (C=O) groups excluding carboxylic acids is 2. The lowest BCUT2D eigenvalue weighted by atomic mass is 10.1. The van der Waals surface area contributed by atoms with Gasteiger partial charge in [0, 0.05) is 6.61 Å². The fraction of sp³-hybridized carbons (Fsp3) is 0.733. The summed E-state index contributed by atoms with van der Waals surface area (Å²) in [7, 11) is 0. The first-order valence-electron chi connectivity index (χ1n) is 7.10. The maximum atomic E-state index is 12.2. The summed E-state index contributed by atoms with van der Waals surface area (Å²) >= 11 is 3.21. The van der Waals surface area contributed by atoms with Crippen molar-refractivity contribution in [3.05, 3.63) is 12.7 Å². The molecule has 0 spiro atoms. The Hall–Kier alpha value is -0.880. The highest BCUT2D eigenvalue weighted by Gasteiger charge is 2.28. The molecule has 120 valence electrons. The van der Waals surface area contributed by atoms with Crippen LogP contribution in [0.25, 0.3) is 0 Å². The number of alkyl carbamates (subject to hydrolysis) is 1. The van der Waals surface area contributed by atoms with Crippen molar-refractivity contribution in [2.75, 3.05) is 13.2 Å². The SMILES string of the molecule is C=CC(Br)C(=O)[C@H](COCC1CC1)NC(=O)OC(C)(C)C. The van der Waals surface area contributed by atoms with Gasteiger partial charge in [0.15, 0.2) is 5.78 Å². The molecular weight excluding hydrogens is 338 g/mol. The molecule has 0 radical (unpaired) electrons. The van der Waals surface area contributed by atoms with Crippen LogP contribution in [0, 0.1) is 5.92 Å². The van der Waals surface area contributed by atoms with Gasteiger partial charge in [-0.3, -0.25) is 4.79 Å². The van der Waals surface area contributed by atoms with E-state index in [4.69, 9.17) is 9.47 Å². The number of allylic oxidation sites excluding steroid dienone is 1. The third kappa shape index (κ3) is 7.62. The van der Waals surface area contributed by atoms with Crippen LogP contribution in [-0.4, -0.2) is 41.6 Å². The molecule has 0 aromatic rings. The summed E-state index contributed by atoms with van der Waals surface area (Å²) in [6.07, 6.45) is 3.20. The molecule has 0 bridgehead atoms. The average molecular weight is 362 g/mol. The second-order valence-corrected chi connectivity index (χ2v) is 7.21. The molecule has 21 heavy (non-hydrogen) atoms. The number of Topliss-reactive ketones (excluding diaryl/α,β-unsaturated/α-hetero) is 1. The first kappa shape index (κ1) is 18.2. The van der Waals surface area contributed by atoms with Crippen LogP contribution in [0.4, 0.5) is 4.79 Å². The maximum absolute atomic E-state index is 12.2. The minimum atomic E-state index is -0.749. The molecule has 6 heteroatoms. The van der Waals surface area contributed by atoms with Gasteiger partial charge in [-0.25, -0.2) is 4.79 Å². The van der Waals surface area contributed by atoms with E-state index in [0.717, 1.165) is 0 Å². The number of hydrogen-bond donors (Lipinski definition) is 1. The van der Waals surface area contributed by atoms with Crippen molar-refractivity contribution < 1.29 is 19.1 Å². The quantitative estimate of drug-likeness (QED) is 0.533. The van der Waals surface area contributed by atoms with Gasteiger partial charge in [0.05, 0.1) is 11.4 Å². The van der Waals surface area contributed by atoms with Crippen LogP contribution in [-0.2, 0) is 14.3 Å². The van der Waals surface area contributed by atoms with Gasteiger partial charge in [-0.05, 0) is 39.5 Å². The summed E-state index contributed by atoms with van der Waals surface area (Å²) in [5.41, 5.74) is -0.612. The summed E-state index contributed by atoms with van der Waals surface area (Å²) in [5.74, 6) is 0.396. The number of hydrogen-bond acceptors (Lipinski definition) is 4. The zero-order chi connectivity index (χ0) is 16.0. The Kier molecular flexibility index (Phi) is 6.87. The maximum Gasteiger partial charge on any atom is 0.408 e. The van der Waals surface area contributed by atoms with Crippen LogP contribution in [0.2, 0.25) is 0 Å². The van der Waals surface area contributed by atoms with E-state index in [1.165, 1.54) is 18.9 Å². The van der Waals surface area contributed by atoms with Crippen LogP contribution in [0.15, 0.2) is 12.7 Å². The molecule has 0 saturated heterocycles. The van der Waals surface area contributed by atoms with E-state index in [9.17, 15) is 9.59 Å². The van der Waals surface area contributed by atoms with Gasteiger partial charge in [0.25, 0.3) is 0 Å². The van der Waals surface area contributed by atoms with Crippen molar-refractivity contribution >= 4 is 27.8 Å². The van der Waals surface area contributed by atoms with Crippen LogP contribution in [0.3, 0.4) is 0 Å². The van der Waals surface area contributed by atoms with E-state index in [2.05, 4.69) is 27.8 Å². The third-order valence-electron chi connectivity index (χ3n) is 2.85. The molecule has 0 aliphatic heterocycles. The van der Waals surface area contributed by atoms with Crippen molar-refractivity contribution in [3.63, 3.8) is 0 Å².